The van der Waals surface area contributed by atoms with Crippen molar-refractivity contribution < 1.29 is 13.7 Å². The molecule has 0 aliphatic heterocycles. The van der Waals surface area contributed by atoms with E-state index in [4.69, 9.17) is 5.73 Å². The number of nitrogens with zero attached hydrogens (tertiary/aromatic N) is 4. The fourth-order valence-corrected chi connectivity index (χ4v) is 1.62. The van der Waals surface area contributed by atoms with Crippen molar-refractivity contribution in [1.29, 1.82) is 0 Å². The Labute approximate surface area is 112 Å². The van der Waals surface area contributed by atoms with Gasteiger partial charge in [0.1, 0.15) is 5.69 Å². The lowest BCUT2D eigenvalue weighted by Gasteiger charge is -2.04. The zero-order valence-corrected chi connectivity index (χ0v) is 10.5. The van der Waals surface area contributed by atoms with E-state index in [1.807, 2.05) is 6.92 Å². The molecule has 1 unspecified atom stereocenters. The van der Waals surface area contributed by atoms with Crippen molar-refractivity contribution in [2.24, 2.45) is 5.73 Å². The van der Waals surface area contributed by atoms with Gasteiger partial charge in [-0.05, 0) is 6.42 Å². The largest absolute Gasteiger partial charge is 0.323 e. The van der Waals surface area contributed by atoms with Crippen LogP contribution in [-0.4, -0.2) is 19.9 Å². The summed E-state index contributed by atoms with van der Waals surface area (Å²) >= 11 is 0. The molecule has 0 radical (unpaired) electrons. The Morgan fingerprint density at radius 1 is 1.45 bits per heavy atom. The van der Waals surface area contributed by atoms with Crippen LogP contribution < -0.4 is 5.73 Å². The van der Waals surface area contributed by atoms with Gasteiger partial charge in [0.15, 0.2) is 5.82 Å². The average Bonchev–Trinajstić information content (AvgIpc) is 2.86. The van der Waals surface area contributed by atoms with E-state index in [9.17, 15) is 18.9 Å². The lowest BCUT2D eigenvalue weighted by atomic mass is 10.2. The maximum atomic E-state index is 13.7. The smallest absolute Gasteiger partial charge is 0.307 e. The second-order valence-corrected chi connectivity index (χ2v) is 4.11. The van der Waals surface area contributed by atoms with Gasteiger partial charge in [0.25, 0.3) is 0 Å². The van der Waals surface area contributed by atoms with Gasteiger partial charge in [-0.15, -0.1) is 5.10 Å². The Bertz CT molecular complexity index is 658. The maximum Gasteiger partial charge on any atom is 0.307 e. The van der Waals surface area contributed by atoms with Gasteiger partial charge in [-0.25, -0.2) is 9.07 Å². The molecule has 0 aliphatic rings. The van der Waals surface area contributed by atoms with Crippen molar-refractivity contribution in [1.82, 2.24) is 15.0 Å². The molecule has 7 nitrogen and oxygen atoms in total. The molecule has 0 bridgehead atoms. The first-order valence-electron chi connectivity index (χ1n) is 5.75. The van der Waals surface area contributed by atoms with Crippen molar-refractivity contribution in [3.05, 3.63) is 45.8 Å². The van der Waals surface area contributed by atoms with Crippen molar-refractivity contribution in [3.8, 4) is 5.69 Å². The predicted molar refractivity (Wildman–Crippen MR) is 65.1 cm³/mol. The van der Waals surface area contributed by atoms with E-state index in [1.165, 1.54) is 6.20 Å². The Balaban J connectivity index is 2.49. The molecule has 1 atom stereocenters. The molecule has 2 aromatic rings. The molecule has 106 valence electrons. The minimum Gasteiger partial charge on any atom is -0.323 e. The molecule has 0 amide bonds. The van der Waals surface area contributed by atoms with Crippen molar-refractivity contribution in [3.63, 3.8) is 0 Å². The van der Waals surface area contributed by atoms with E-state index in [2.05, 4.69) is 10.3 Å². The van der Waals surface area contributed by atoms with E-state index >= 15 is 0 Å². The summed E-state index contributed by atoms with van der Waals surface area (Å²) in [7, 11) is 0. The standard InChI is InChI=1S/C11H11F2N5O2/c1-2-8(14)9-5-17(16-15-9)10-4-11(18(19)20)7(13)3-6(10)12/h3-5,8H,2,14H2,1H3. The summed E-state index contributed by atoms with van der Waals surface area (Å²) in [6.07, 6.45) is 1.96. The Hall–Kier alpha value is -2.42. The minimum atomic E-state index is -1.25. The lowest BCUT2D eigenvalue weighted by Crippen LogP contribution is -2.08. The third-order valence-corrected chi connectivity index (χ3v) is 2.79. The molecule has 0 spiro atoms. The molecule has 0 saturated carbocycles. The Morgan fingerprint density at radius 3 is 2.75 bits per heavy atom. The topological polar surface area (TPSA) is 99.9 Å². The number of hydrogen-bond acceptors (Lipinski definition) is 5. The van der Waals surface area contributed by atoms with Gasteiger partial charge in [-0.3, -0.25) is 10.1 Å². The minimum absolute atomic E-state index is 0.264. The zero-order valence-electron chi connectivity index (χ0n) is 10.5. The molecule has 0 fully saturated rings. The quantitative estimate of drug-likeness (QED) is 0.682. The normalized spacial score (nSPS) is 12.4. The van der Waals surface area contributed by atoms with E-state index in [0.29, 0.717) is 18.2 Å². The van der Waals surface area contributed by atoms with Gasteiger partial charge < -0.3 is 5.73 Å². The van der Waals surface area contributed by atoms with E-state index in [-0.39, 0.29) is 11.7 Å². The molecule has 2 rings (SSSR count). The van der Waals surface area contributed by atoms with Crippen molar-refractivity contribution in [2.45, 2.75) is 19.4 Å². The second kappa shape index (κ2) is 5.29. The van der Waals surface area contributed by atoms with Gasteiger partial charge in [0.2, 0.25) is 5.82 Å². The predicted octanol–water partition coefficient (Wildman–Crippen LogP) is 1.86. The van der Waals surface area contributed by atoms with Gasteiger partial charge >= 0.3 is 5.69 Å². The van der Waals surface area contributed by atoms with E-state index in [0.717, 1.165) is 10.7 Å². The second-order valence-electron chi connectivity index (χ2n) is 4.11. The SMILES string of the molecule is CCC(N)c1cn(-c2cc([N+](=O)[O-])c(F)cc2F)nn1. The zero-order chi connectivity index (χ0) is 14.9. The van der Waals surface area contributed by atoms with Crippen LogP contribution in [0.5, 0.6) is 0 Å². The highest BCUT2D eigenvalue weighted by molar-refractivity contribution is 5.45. The van der Waals surface area contributed by atoms with Gasteiger partial charge in [-0.2, -0.15) is 4.39 Å². The number of benzene rings is 1. The molecule has 2 N–H and O–H groups in total. The summed E-state index contributed by atoms with van der Waals surface area (Å²) in [4.78, 5) is 9.72. The highest BCUT2D eigenvalue weighted by atomic mass is 19.1. The molecule has 9 heteroatoms. The highest BCUT2D eigenvalue weighted by Crippen LogP contribution is 2.24. The summed E-state index contributed by atoms with van der Waals surface area (Å²) in [6.45, 7) is 1.84. The Kier molecular flexibility index (Phi) is 3.70. The monoisotopic (exact) mass is 283 g/mol. The summed E-state index contributed by atoms with van der Waals surface area (Å²) in [5, 5.41) is 18.1. The van der Waals surface area contributed by atoms with Crippen LogP contribution >= 0.6 is 0 Å². The first-order chi connectivity index (χ1) is 9.43. The maximum absolute atomic E-state index is 13.7. The molecule has 0 saturated heterocycles. The molecule has 1 heterocycles. The number of nitrogens with two attached hydrogens (primary N) is 1. The summed E-state index contributed by atoms with van der Waals surface area (Å²) < 4.78 is 27.9. The number of nitro benzene ring substituents is 1. The third-order valence-electron chi connectivity index (χ3n) is 2.79. The van der Waals surface area contributed by atoms with Gasteiger partial charge in [0.05, 0.1) is 22.9 Å². The van der Waals surface area contributed by atoms with Crippen LogP contribution in [0, 0.1) is 21.7 Å². The first kappa shape index (κ1) is 14.0. The average molecular weight is 283 g/mol. The molecule has 1 aromatic carbocycles. The number of nitro groups is 1. The van der Waals surface area contributed by atoms with Crippen LogP contribution in [-0.2, 0) is 0 Å². The third kappa shape index (κ3) is 2.48. The van der Waals surface area contributed by atoms with Gasteiger partial charge in [-0.1, -0.05) is 12.1 Å². The molecule has 0 aliphatic carbocycles. The number of rotatable bonds is 4. The molecular formula is C11H11F2N5O2. The van der Waals surface area contributed by atoms with Crippen LogP contribution in [0.4, 0.5) is 14.5 Å². The van der Waals surface area contributed by atoms with Crippen LogP contribution in [0.2, 0.25) is 0 Å². The molecular weight excluding hydrogens is 272 g/mol. The van der Waals surface area contributed by atoms with Crippen LogP contribution in [0.25, 0.3) is 5.69 Å². The van der Waals surface area contributed by atoms with Crippen LogP contribution in [0.1, 0.15) is 25.1 Å². The fourth-order valence-electron chi connectivity index (χ4n) is 1.62. The first-order valence-corrected chi connectivity index (χ1v) is 5.75. The summed E-state index contributed by atoms with van der Waals surface area (Å²) in [5.41, 5.74) is 5.07. The van der Waals surface area contributed by atoms with Crippen LogP contribution in [0.3, 0.4) is 0 Å². The number of hydrogen-bond donors (Lipinski definition) is 1. The number of aromatic nitrogens is 3. The lowest BCUT2D eigenvalue weighted by molar-refractivity contribution is -0.387. The molecule has 1 aromatic heterocycles. The number of halogens is 2. The fraction of sp³-hybridized carbons (Fsp3) is 0.273. The molecule has 20 heavy (non-hydrogen) atoms. The van der Waals surface area contributed by atoms with Crippen LogP contribution in [0.15, 0.2) is 18.3 Å². The highest BCUT2D eigenvalue weighted by Gasteiger charge is 2.20. The summed E-state index contributed by atoms with van der Waals surface area (Å²) in [6, 6.07) is 0.831. The summed E-state index contributed by atoms with van der Waals surface area (Å²) in [5.74, 6) is -2.23. The van der Waals surface area contributed by atoms with E-state index in [1.54, 1.807) is 0 Å². The Morgan fingerprint density at radius 2 is 2.15 bits per heavy atom. The van der Waals surface area contributed by atoms with Crippen molar-refractivity contribution in [2.75, 3.05) is 0 Å². The van der Waals surface area contributed by atoms with E-state index < -0.39 is 22.2 Å². The van der Waals surface area contributed by atoms with Crippen molar-refractivity contribution >= 4 is 5.69 Å². The van der Waals surface area contributed by atoms with Gasteiger partial charge in [0, 0.05) is 12.1 Å².